The van der Waals surface area contributed by atoms with Crippen LogP contribution in [0.15, 0.2) is 18.5 Å². The van der Waals surface area contributed by atoms with Crippen molar-refractivity contribution in [2.75, 3.05) is 11.6 Å². The van der Waals surface area contributed by atoms with Crippen molar-refractivity contribution in [2.45, 2.75) is 37.0 Å². The normalized spacial score (nSPS) is 22.8. The molecule has 1 fully saturated rings. The van der Waals surface area contributed by atoms with Gasteiger partial charge in [0.2, 0.25) is 0 Å². The SMILES string of the molecule is CS[C@@H]1CCC[C@@H](NC(=O)Nc2ccncc2F)C1. The van der Waals surface area contributed by atoms with E-state index in [0.29, 0.717) is 5.25 Å². The number of anilines is 1. The van der Waals surface area contributed by atoms with Gasteiger partial charge in [-0.3, -0.25) is 4.98 Å². The van der Waals surface area contributed by atoms with Gasteiger partial charge in [0.1, 0.15) is 0 Å². The third-order valence-electron chi connectivity index (χ3n) is 3.32. The monoisotopic (exact) mass is 283 g/mol. The first-order valence-corrected chi connectivity index (χ1v) is 7.67. The molecule has 0 saturated heterocycles. The van der Waals surface area contributed by atoms with Gasteiger partial charge >= 0.3 is 6.03 Å². The Hall–Kier alpha value is -1.30. The number of amides is 2. The highest BCUT2D eigenvalue weighted by Crippen LogP contribution is 2.26. The van der Waals surface area contributed by atoms with E-state index in [1.165, 1.54) is 18.7 Å². The van der Waals surface area contributed by atoms with E-state index < -0.39 is 5.82 Å². The smallest absolute Gasteiger partial charge is 0.319 e. The largest absolute Gasteiger partial charge is 0.335 e. The second kappa shape index (κ2) is 6.75. The van der Waals surface area contributed by atoms with Crippen LogP contribution in [0.4, 0.5) is 14.9 Å². The van der Waals surface area contributed by atoms with Crippen LogP contribution < -0.4 is 10.6 Å². The molecule has 0 unspecified atom stereocenters. The lowest BCUT2D eigenvalue weighted by Crippen LogP contribution is -2.41. The zero-order valence-electron chi connectivity index (χ0n) is 10.9. The fourth-order valence-corrected chi connectivity index (χ4v) is 3.14. The van der Waals surface area contributed by atoms with E-state index in [2.05, 4.69) is 21.9 Å². The number of nitrogens with zero attached hydrogens (tertiary/aromatic N) is 1. The Morgan fingerprint density at radius 1 is 1.53 bits per heavy atom. The molecule has 0 spiro atoms. The summed E-state index contributed by atoms with van der Waals surface area (Å²) in [6.07, 6.45) is 8.93. The van der Waals surface area contributed by atoms with Crippen LogP contribution >= 0.6 is 11.8 Å². The molecule has 0 aliphatic heterocycles. The van der Waals surface area contributed by atoms with E-state index in [1.807, 2.05) is 11.8 Å². The zero-order chi connectivity index (χ0) is 13.7. The van der Waals surface area contributed by atoms with E-state index in [0.717, 1.165) is 25.5 Å². The quantitative estimate of drug-likeness (QED) is 0.896. The van der Waals surface area contributed by atoms with Gasteiger partial charge < -0.3 is 10.6 Å². The molecule has 2 amide bonds. The van der Waals surface area contributed by atoms with Gasteiger partial charge in [-0.05, 0) is 31.6 Å². The summed E-state index contributed by atoms with van der Waals surface area (Å²) in [5, 5.41) is 6.03. The number of carbonyl (C=O) groups is 1. The molecule has 0 aromatic carbocycles. The summed E-state index contributed by atoms with van der Waals surface area (Å²) in [6, 6.07) is 1.27. The van der Waals surface area contributed by atoms with Gasteiger partial charge in [-0.1, -0.05) is 6.42 Å². The molecule has 1 aromatic rings. The summed E-state index contributed by atoms with van der Waals surface area (Å²) in [5.74, 6) is -0.525. The Morgan fingerprint density at radius 3 is 3.11 bits per heavy atom. The minimum absolute atomic E-state index is 0.157. The van der Waals surface area contributed by atoms with Gasteiger partial charge in [0.25, 0.3) is 0 Å². The number of rotatable bonds is 3. The highest BCUT2D eigenvalue weighted by Gasteiger charge is 2.22. The lowest BCUT2D eigenvalue weighted by molar-refractivity contribution is 0.244. The summed E-state index contributed by atoms with van der Waals surface area (Å²) in [4.78, 5) is 15.5. The van der Waals surface area contributed by atoms with Gasteiger partial charge in [0.15, 0.2) is 5.82 Å². The molecule has 19 heavy (non-hydrogen) atoms. The van der Waals surface area contributed by atoms with Crippen molar-refractivity contribution in [1.29, 1.82) is 0 Å². The number of carbonyl (C=O) groups excluding carboxylic acids is 1. The third kappa shape index (κ3) is 4.09. The molecule has 2 N–H and O–H groups in total. The Morgan fingerprint density at radius 2 is 2.37 bits per heavy atom. The van der Waals surface area contributed by atoms with Crippen molar-refractivity contribution >= 4 is 23.5 Å². The predicted octanol–water partition coefficient (Wildman–Crippen LogP) is 3.02. The van der Waals surface area contributed by atoms with Crippen LogP contribution in [0.1, 0.15) is 25.7 Å². The fraction of sp³-hybridized carbons (Fsp3) is 0.538. The van der Waals surface area contributed by atoms with Crippen LogP contribution in [0.5, 0.6) is 0 Å². The first-order chi connectivity index (χ1) is 9.19. The average Bonchev–Trinajstić information content (AvgIpc) is 2.41. The summed E-state index contributed by atoms with van der Waals surface area (Å²) < 4.78 is 13.3. The molecule has 2 rings (SSSR count). The number of hydrogen-bond acceptors (Lipinski definition) is 3. The van der Waals surface area contributed by atoms with Crippen molar-refractivity contribution < 1.29 is 9.18 Å². The van der Waals surface area contributed by atoms with E-state index >= 15 is 0 Å². The molecular formula is C13H18FN3OS. The van der Waals surface area contributed by atoms with Crippen molar-refractivity contribution in [2.24, 2.45) is 0 Å². The van der Waals surface area contributed by atoms with Gasteiger partial charge in [0, 0.05) is 17.5 Å². The van der Waals surface area contributed by atoms with Crippen LogP contribution in [0.25, 0.3) is 0 Å². The van der Waals surface area contributed by atoms with Crippen LogP contribution in [-0.4, -0.2) is 28.6 Å². The molecule has 4 nitrogen and oxygen atoms in total. The summed E-state index contributed by atoms with van der Waals surface area (Å²) in [6.45, 7) is 0. The van der Waals surface area contributed by atoms with E-state index in [-0.39, 0.29) is 17.8 Å². The molecule has 1 aromatic heterocycles. The van der Waals surface area contributed by atoms with Crippen LogP contribution in [0.3, 0.4) is 0 Å². The first kappa shape index (κ1) is 14.1. The minimum Gasteiger partial charge on any atom is -0.335 e. The molecule has 0 radical (unpaired) electrons. The lowest BCUT2D eigenvalue weighted by atomic mass is 9.95. The third-order valence-corrected chi connectivity index (χ3v) is 4.41. The highest BCUT2D eigenvalue weighted by atomic mass is 32.2. The van der Waals surface area contributed by atoms with Crippen molar-refractivity contribution in [3.05, 3.63) is 24.3 Å². The van der Waals surface area contributed by atoms with Crippen molar-refractivity contribution in [3.8, 4) is 0 Å². The fourth-order valence-electron chi connectivity index (χ4n) is 2.31. The Balaban J connectivity index is 1.86. The maximum Gasteiger partial charge on any atom is 0.319 e. The van der Waals surface area contributed by atoms with E-state index in [1.54, 1.807) is 0 Å². The lowest BCUT2D eigenvalue weighted by Gasteiger charge is -2.28. The van der Waals surface area contributed by atoms with Crippen LogP contribution in [0, 0.1) is 5.82 Å². The maximum absolute atomic E-state index is 13.3. The summed E-state index contributed by atoms with van der Waals surface area (Å²) >= 11 is 1.84. The van der Waals surface area contributed by atoms with Gasteiger partial charge in [-0.2, -0.15) is 11.8 Å². The predicted molar refractivity (Wildman–Crippen MR) is 75.9 cm³/mol. The Bertz CT molecular complexity index is 444. The molecule has 2 atom stereocenters. The summed E-state index contributed by atoms with van der Waals surface area (Å²) in [7, 11) is 0. The maximum atomic E-state index is 13.3. The second-order valence-corrected chi connectivity index (χ2v) is 5.81. The Labute approximate surface area is 116 Å². The number of nitrogens with one attached hydrogen (secondary N) is 2. The molecule has 1 aliphatic rings. The minimum atomic E-state index is -0.525. The standard InChI is InChI=1S/C13H18FN3OS/c1-19-10-4-2-3-9(7-10)16-13(18)17-12-5-6-15-8-11(12)14/h5-6,8-10H,2-4,7H2,1H3,(H2,15,16,17,18)/t9-,10-/m1/s1. The van der Waals surface area contributed by atoms with Gasteiger partial charge in [-0.25, -0.2) is 9.18 Å². The second-order valence-electron chi connectivity index (χ2n) is 4.68. The van der Waals surface area contributed by atoms with Crippen molar-refractivity contribution in [1.82, 2.24) is 10.3 Å². The van der Waals surface area contributed by atoms with Crippen molar-refractivity contribution in [3.63, 3.8) is 0 Å². The number of hydrogen-bond donors (Lipinski definition) is 2. The number of urea groups is 1. The molecule has 1 aliphatic carbocycles. The molecule has 0 bridgehead atoms. The topological polar surface area (TPSA) is 54.0 Å². The first-order valence-electron chi connectivity index (χ1n) is 6.39. The molecule has 1 heterocycles. The number of aromatic nitrogens is 1. The molecule has 6 heteroatoms. The highest BCUT2D eigenvalue weighted by molar-refractivity contribution is 7.99. The zero-order valence-corrected chi connectivity index (χ0v) is 11.7. The molecule has 1 saturated carbocycles. The number of pyridine rings is 1. The number of halogens is 1. The summed E-state index contributed by atoms with van der Waals surface area (Å²) in [5.41, 5.74) is 0.157. The van der Waals surface area contributed by atoms with Gasteiger partial charge in [-0.15, -0.1) is 0 Å². The molecular weight excluding hydrogens is 265 g/mol. The van der Waals surface area contributed by atoms with Gasteiger partial charge in [0.05, 0.1) is 11.9 Å². The number of thioether (sulfide) groups is 1. The van der Waals surface area contributed by atoms with Crippen LogP contribution in [-0.2, 0) is 0 Å². The molecule has 104 valence electrons. The average molecular weight is 283 g/mol. The van der Waals surface area contributed by atoms with E-state index in [4.69, 9.17) is 0 Å². The van der Waals surface area contributed by atoms with Crippen LogP contribution in [0.2, 0.25) is 0 Å². The van der Waals surface area contributed by atoms with E-state index in [9.17, 15) is 9.18 Å². The Kier molecular flexibility index (Phi) is 5.01.